The van der Waals surface area contributed by atoms with Crippen LogP contribution in [0.5, 0.6) is 0 Å². The fourth-order valence-electron chi connectivity index (χ4n) is 5.34. The first-order valence-corrected chi connectivity index (χ1v) is 16.2. The van der Waals surface area contributed by atoms with Crippen molar-refractivity contribution in [2.75, 3.05) is 13.1 Å². The molecule has 0 N–H and O–H groups in total. The molecule has 5 aromatic rings. The number of furan rings is 1. The van der Waals surface area contributed by atoms with Gasteiger partial charge in [-0.1, -0.05) is 60.2 Å². The Hall–Kier alpha value is -3.72. The first-order chi connectivity index (χ1) is 20.0. The van der Waals surface area contributed by atoms with Crippen molar-refractivity contribution >= 4 is 27.0 Å². The maximum atomic E-state index is 13.5. The lowest BCUT2D eigenvalue weighted by Gasteiger charge is -2.31. The SMILES string of the molecule is Cc1ccc(N=c2scc(-c3ccc(S(=O)(=O)N4CCC(Cc5ccccc5)CC4)cc3)n2Cc2ccco2)cc1. The van der Waals surface area contributed by atoms with Crippen molar-refractivity contribution in [3.63, 3.8) is 0 Å². The summed E-state index contributed by atoms with van der Waals surface area (Å²) >= 11 is 1.55. The van der Waals surface area contributed by atoms with Crippen molar-refractivity contribution in [3.8, 4) is 11.3 Å². The summed E-state index contributed by atoms with van der Waals surface area (Å²) in [4.78, 5) is 6.07. The summed E-state index contributed by atoms with van der Waals surface area (Å²) in [6, 6.07) is 29.6. The molecule has 0 amide bonds. The summed E-state index contributed by atoms with van der Waals surface area (Å²) in [6.45, 7) is 3.69. The normalized spacial score (nSPS) is 15.4. The molecule has 0 radical (unpaired) electrons. The van der Waals surface area contributed by atoms with Gasteiger partial charge in [-0.25, -0.2) is 13.4 Å². The van der Waals surface area contributed by atoms with Crippen molar-refractivity contribution in [2.45, 2.75) is 37.6 Å². The molecule has 1 aliphatic heterocycles. The van der Waals surface area contributed by atoms with Gasteiger partial charge in [0.15, 0.2) is 4.80 Å². The number of hydrogen-bond donors (Lipinski definition) is 0. The van der Waals surface area contributed by atoms with E-state index in [2.05, 4.69) is 53.3 Å². The van der Waals surface area contributed by atoms with Crippen LogP contribution in [0.4, 0.5) is 5.69 Å². The van der Waals surface area contributed by atoms with Crippen molar-refractivity contribution in [1.29, 1.82) is 0 Å². The fourth-order valence-corrected chi connectivity index (χ4v) is 7.74. The average molecular weight is 584 g/mol. The van der Waals surface area contributed by atoms with E-state index in [0.717, 1.165) is 46.8 Å². The van der Waals surface area contributed by atoms with Gasteiger partial charge in [-0.05, 0) is 79.6 Å². The van der Waals surface area contributed by atoms with Gasteiger partial charge in [0.2, 0.25) is 10.0 Å². The number of benzene rings is 3. The van der Waals surface area contributed by atoms with E-state index < -0.39 is 10.0 Å². The largest absolute Gasteiger partial charge is 0.467 e. The number of nitrogens with zero attached hydrogens (tertiary/aromatic N) is 3. The fraction of sp³-hybridized carbons (Fsp3) is 0.242. The highest BCUT2D eigenvalue weighted by atomic mass is 32.2. The van der Waals surface area contributed by atoms with Gasteiger partial charge in [0, 0.05) is 18.5 Å². The summed E-state index contributed by atoms with van der Waals surface area (Å²) in [5.41, 5.74) is 5.27. The maximum Gasteiger partial charge on any atom is 0.243 e. The molecule has 0 unspecified atom stereocenters. The molecule has 6 nitrogen and oxygen atoms in total. The van der Waals surface area contributed by atoms with Gasteiger partial charge in [-0.15, -0.1) is 11.3 Å². The Balaban J connectivity index is 1.22. The predicted molar refractivity (Wildman–Crippen MR) is 164 cm³/mol. The second-order valence-corrected chi connectivity index (χ2v) is 13.4. The Bertz CT molecular complexity index is 1750. The van der Waals surface area contributed by atoms with Gasteiger partial charge in [0.25, 0.3) is 0 Å². The van der Waals surface area contributed by atoms with Crippen LogP contribution in [0.3, 0.4) is 0 Å². The molecule has 2 aromatic heterocycles. The molecule has 1 saturated heterocycles. The molecular weight excluding hydrogens is 551 g/mol. The number of aryl methyl sites for hydroxylation is 1. The standard InChI is InChI=1S/C33H33N3O3S2/c1-25-9-13-29(14-10-25)34-33-36(23-30-8-5-21-39-30)32(24-40-33)28-11-15-31(16-12-28)41(37,38)35-19-17-27(18-20-35)22-26-6-3-2-4-7-26/h2-16,21,24,27H,17-20,22-23H2,1H3. The summed E-state index contributed by atoms with van der Waals surface area (Å²) < 4.78 is 36.4. The smallest absolute Gasteiger partial charge is 0.243 e. The van der Waals surface area contributed by atoms with Crippen molar-refractivity contribution < 1.29 is 12.8 Å². The second kappa shape index (κ2) is 12.0. The Labute approximate surface area is 245 Å². The maximum absolute atomic E-state index is 13.5. The summed E-state index contributed by atoms with van der Waals surface area (Å²) in [5, 5.41) is 2.07. The molecule has 1 fully saturated rings. The Morgan fingerprint density at radius 3 is 2.32 bits per heavy atom. The molecule has 6 rings (SSSR count). The highest BCUT2D eigenvalue weighted by molar-refractivity contribution is 7.89. The number of rotatable bonds is 8. The van der Waals surface area contributed by atoms with E-state index in [9.17, 15) is 8.42 Å². The highest BCUT2D eigenvalue weighted by Crippen LogP contribution is 2.28. The zero-order chi connectivity index (χ0) is 28.2. The molecule has 3 aromatic carbocycles. The average Bonchev–Trinajstić information content (AvgIpc) is 3.66. The molecule has 0 saturated carbocycles. The number of hydrogen-bond acceptors (Lipinski definition) is 5. The Morgan fingerprint density at radius 1 is 0.902 bits per heavy atom. The van der Waals surface area contributed by atoms with Crippen LogP contribution in [0.15, 0.2) is 117 Å². The molecule has 3 heterocycles. The van der Waals surface area contributed by atoms with E-state index in [1.54, 1.807) is 34.0 Å². The van der Waals surface area contributed by atoms with Crippen LogP contribution in [0.1, 0.15) is 29.7 Å². The van der Waals surface area contributed by atoms with E-state index in [4.69, 9.17) is 9.41 Å². The van der Waals surface area contributed by atoms with Crippen LogP contribution in [0, 0.1) is 12.8 Å². The third-order valence-corrected chi connectivity index (χ3v) is 10.5. The second-order valence-electron chi connectivity index (χ2n) is 10.6. The Morgan fingerprint density at radius 2 is 1.63 bits per heavy atom. The lowest BCUT2D eigenvalue weighted by molar-refractivity contribution is 0.273. The van der Waals surface area contributed by atoms with Gasteiger partial charge in [0.05, 0.1) is 29.1 Å². The minimum absolute atomic E-state index is 0.333. The van der Waals surface area contributed by atoms with Crippen LogP contribution in [-0.4, -0.2) is 30.4 Å². The highest BCUT2D eigenvalue weighted by Gasteiger charge is 2.29. The monoisotopic (exact) mass is 583 g/mol. The van der Waals surface area contributed by atoms with Gasteiger partial charge < -0.3 is 8.98 Å². The molecule has 8 heteroatoms. The quantitative estimate of drug-likeness (QED) is 0.197. The molecule has 0 bridgehead atoms. The van der Waals surface area contributed by atoms with Crippen molar-refractivity contribution in [1.82, 2.24) is 8.87 Å². The van der Waals surface area contributed by atoms with Crippen molar-refractivity contribution in [3.05, 3.63) is 124 Å². The van der Waals surface area contributed by atoms with E-state index >= 15 is 0 Å². The first-order valence-electron chi connectivity index (χ1n) is 13.9. The third kappa shape index (κ3) is 6.30. The van der Waals surface area contributed by atoms with Crippen LogP contribution in [0.25, 0.3) is 11.3 Å². The van der Waals surface area contributed by atoms with E-state index in [1.807, 2.05) is 42.5 Å². The number of piperidine rings is 1. The molecule has 0 spiro atoms. The van der Waals surface area contributed by atoms with Crippen molar-refractivity contribution in [2.24, 2.45) is 10.9 Å². The van der Waals surface area contributed by atoms with Gasteiger partial charge in [-0.3, -0.25) is 0 Å². The first kappa shape index (κ1) is 27.4. The van der Waals surface area contributed by atoms with Crippen LogP contribution in [-0.2, 0) is 23.0 Å². The molecule has 41 heavy (non-hydrogen) atoms. The summed E-state index contributed by atoms with van der Waals surface area (Å²) in [5.74, 6) is 1.33. The summed E-state index contributed by atoms with van der Waals surface area (Å²) in [7, 11) is -3.55. The van der Waals surface area contributed by atoms with E-state index in [1.165, 1.54) is 11.1 Å². The lowest BCUT2D eigenvalue weighted by atomic mass is 9.91. The molecule has 210 valence electrons. The van der Waals surface area contributed by atoms with E-state index in [0.29, 0.717) is 30.4 Å². The predicted octanol–water partition coefficient (Wildman–Crippen LogP) is 7.04. The number of sulfonamides is 1. The molecular formula is C33H33N3O3S2. The van der Waals surface area contributed by atoms with E-state index in [-0.39, 0.29) is 0 Å². The molecule has 0 atom stereocenters. The number of thiazole rings is 1. The minimum atomic E-state index is -3.55. The Kier molecular flexibility index (Phi) is 8.05. The molecule has 0 aliphatic carbocycles. The molecule has 1 aliphatic rings. The van der Waals surface area contributed by atoms with Crippen LogP contribution < -0.4 is 4.80 Å². The minimum Gasteiger partial charge on any atom is -0.467 e. The zero-order valence-electron chi connectivity index (χ0n) is 23.0. The van der Waals surface area contributed by atoms with Crippen LogP contribution >= 0.6 is 11.3 Å². The summed E-state index contributed by atoms with van der Waals surface area (Å²) in [6.07, 6.45) is 4.42. The lowest BCUT2D eigenvalue weighted by Crippen LogP contribution is -2.38. The van der Waals surface area contributed by atoms with Gasteiger partial charge in [-0.2, -0.15) is 4.31 Å². The topological polar surface area (TPSA) is 67.8 Å². The van der Waals surface area contributed by atoms with Gasteiger partial charge >= 0.3 is 0 Å². The number of aromatic nitrogens is 1. The zero-order valence-corrected chi connectivity index (χ0v) is 24.7. The third-order valence-electron chi connectivity index (χ3n) is 7.68. The van der Waals surface area contributed by atoms with Gasteiger partial charge in [0.1, 0.15) is 5.76 Å². The van der Waals surface area contributed by atoms with Crippen LogP contribution in [0.2, 0.25) is 0 Å².